The van der Waals surface area contributed by atoms with Crippen LogP contribution in [0.4, 0.5) is 0 Å². The zero-order valence-corrected chi connectivity index (χ0v) is 13.4. The summed E-state index contributed by atoms with van der Waals surface area (Å²) in [4.78, 5) is 4.49. The van der Waals surface area contributed by atoms with Crippen molar-refractivity contribution in [3.63, 3.8) is 0 Å². The third kappa shape index (κ3) is 2.05. The van der Waals surface area contributed by atoms with Gasteiger partial charge in [-0.1, -0.05) is 6.92 Å². The lowest BCUT2D eigenvalue weighted by Gasteiger charge is -2.14. The molecule has 126 valence electrons. The molecule has 0 radical (unpaired) electrons. The maximum atomic E-state index is 12.9. The van der Waals surface area contributed by atoms with Crippen LogP contribution in [0.25, 0.3) is 22.2 Å². The molecule has 0 bridgehead atoms. The van der Waals surface area contributed by atoms with Gasteiger partial charge in [0.05, 0.1) is 11.8 Å². The number of benzene rings is 2. The van der Waals surface area contributed by atoms with E-state index in [0.717, 1.165) is 10.3 Å². The number of hydrogen-bond donors (Lipinski definition) is 0. The minimum Gasteiger partial charge on any atom is -0.710 e. The number of aryl methyl sites for hydroxylation is 1. The van der Waals surface area contributed by atoms with Crippen LogP contribution in [0.5, 0.6) is 23.0 Å². The van der Waals surface area contributed by atoms with Crippen LogP contribution in [-0.4, -0.2) is 18.6 Å². The van der Waals surface area contributed by atoms with Crippen molar-refractivity contribution in [3.05, 3.63) is 41.4 Å². The van der Waals surface area contributed by atoms with Crippen LogP contribution in [0.3, 0.4) is 0 Å². The highest BCUT2D eigenvalue weighted by Gasteiger charge is 2.25. The van der Waals surface area contributed by atoms with E-state index in [1.54, 1.807) is 6.07 Å². The Kier molecular flexibility index (Phi) is 2.91. The first-order valence-electron chi connectivity index (χ1n) is 8.00. The smallest absolute Gasteiger partial charge is 0.302 e. The zero-order valence-electron chi connectivity index (χ0n) is 13.4. The molecule has 2 aromatic carbocycles. The molecule has 0 fully saturated rings. The average molecular weight is 338 g/mol. The van der Waals surface area contributed by atoms with Crippen LogP contribution in [0, 0.1) is 5.21 Å². The minimum absolute atomic E-state index is 0.170. The molecule has 3 heterocycles. The van der Waals surface area contributed by atoms with Crippen LogP contribution in [0.2, 0.25) is 0 Å². The van der Waals surface area contributed by atoms with Crippen LogP contribution in [0.1, 0.15) is 12.7 Å². The molecule has 0 N–H and O–H groups in total. The number of ether oxygens (including phenoxy) is 4. The second-order valence-electron chi connectivity index (χ2n) is 5.82. The van der Waals surface area contributed by atoms with Crippen LogP contribution in [0.15, 0.2) is 30.3 Å². The highest BCUT2D eigenvalue weighted by atomic mass is 16.7. The Bertz CT molecular complexity index is 1010. The molecule has 7 heteroatoms. The lowest BCUT2D eigenvalue weighted by molar-refractivity contribution is -0.604. The van der Waals surface area contributed by atoms with E-state index in [1.807, 2.05) is 31.2 Å². The highest BCUT2D eigenvalue weighted by molar-refractivity contribution is 5.93. The topological polar surface area (TPSA) is 76.8 Å². The summed E-state index contributed by atoms with van der Waals surface area (Å²) >= 11 is 0. The van der Waals surface area contributed by atoms with E-state index in [4.69, 9.17) is 18.9 Å². The van der Waals surface area contributed by atoms with Crippen LogP contribution < -0.4 is 23.7 Å². The summed E-state index contributed by atoms with van der Waals surface area (Å²) in [6.45, 7) is 2.26. The Labute approximate surface area is 142 Å². The van der Waals surface area contributed by atoms with Crippen molar-refractivity contribution in [1.29, 1.82) is 0 Å². The number of rotatable bonds is 2. The molecule has 5 rings (SSSR count). The van der Waals surface area contributed by atoms with Gasteiger partial charge in [-0.05, 0) is 23.2 Å². The quantitative estimate of drug-likeness (QED) is 0.528. The predicted octanol–water partition coefficient (Wildman–Crippen LogP) is 2.56. The van der Waals surface area contributed by atoms with E-state index in [-0.39, 0.29) is 13.6 Å². The van der Waals surface area contributed by atoms with Gasteiger partial charge < -0.3 is 24.2 Å². The van der Waals surface area contributed by atoms with Gasteiger partial charge in [0.2, 0.25) is 13.6 Å². The minimum atomic E-state index is 0.170. The highest BCUT2D eigenvalue weighted by Crippen LogP contribution is 2.40. The Morgan fingerprint density at radius 1 is 0.960 bits per heavy atom. The summed E-state index contributed by atoms with van der Waals surface area (Å²) in [6.07, 6.45) is 0.519. The lowest BCUT2D eigenvalue weighted by atomic mass is 10.0. The first-order chi connectivity index (χ1) is 12.2. The SMILES string of the molecule is CCc1nc2cc3c(cc2c(-c2ccc4c(c2)OCO4)[n+]1[O-])OCO3. The number of hydrogen-bond acceptors (Lipinski definition) is 6. The monoisotopic (exact) mass is 338 g/mol. The summed E-state index contributed by atoms with van der Waals surface area (Å²) in [5.41, 5.74) is 1.94. The molecule has 1 aromatic heterocycles. The molecule has 3 aromatic rings. The van der Waals surface area contributed by atoms with Crippen molar-refractivity contribution in [3.8, 4) is 34.3 Å². The van der Waals surface area contributed by atoms with E-state index in [9.17, 15) is 5.21 Å². The van der Waals surface area contributed by atoms with Gasteiger partial charge in [-0.3, -0.25) is 0 Å². The van der Waals surface area contributed by atoms with Gasteiger partial charge in [0.25, 0.3) is 0 Å². The van der Waals surface area contributed by atoms with E-state index in [2.05, 4.69) is 4.98 Å². The summed E-state index contributed by atoms with van der Waals surface area (Å²) in [6, 6.07) is 9.09. The zero-order chi connectivity index (χ0) is 17.0. The third-order valence-corrected chi connectivity index (χ3v) is 4.40. The molecule has 0 unspecified atom stereocenters. The molecule has 0 spiro atoms. The van der Waals surface area contributed by atoms with Gasteiger partial charge in [0, 0.05) is 17.7 Å². The fourth-order valence-corrected chi connectivity index (χ4v) is 3.18. The molecule has 2 aliphatic rings. The molecule has 0 saturated carbocycles. The van der Waals surface area contributed by atoms with Crippen LogP contribution >= 0.6 is 0 Å². The third-order valence-electron chi connectivity index (χ3n) is 4.40. The lowest BCUT2D eigenvalue weighted by Crippen LogP contribution is -2.36. The standard InChI is InChI=1S/C18H14N2O5/c1-2-17-19-12-7-16-15(24-9-25-16)6-11(12)18(20(17)21)10-3-4-13-14(5-10)23-8-22-13/h3-7H,2,8-9H2,1H3. The fraction of sp³-hybridized carbons (Fsp3) is 0.222. The van der Waals surface area contributed by atoms with E-state index >= 15 is 0 Å². The van der Waals surface area contributed by atoms with Crippen LogP contribution in [-0.2, 0) is 6.42 Å². The Morgan fingerprint density at radius 2 is 1.64 bits per heavy atom. The first kappa shape index (κ1) is 14.2. The molecule has 2 aliphatic heterocycles. The molecule has 0 amide bonds. The van der Waals surface area contributed by atoms with E-state index < -0.39 is 0 Å². The number of aromatic nitrogens is 2. The molecule has 25 heavy (non-hydrogen) atoms. The predicted molar refractivity (Wildman–Crippen MR) is 87.8 cm³/mol. The molecular weight excluding hydrogens is 324 g/mol. The summed E-state index contributed by atoms with van der Waals surface area (Å²) in [5, 5.41) is 13.6. The normalized spacial score (nSPS) is 14.3. The van der Waals surface area contributed by atoms with E-state index in [0.29, 0.717) is 51.8 Å². The number of nitrogens with zero attached hydrogens (tertiary/aromatic N) is 2. The van der Waals surface area contributed by atoms with Crippen molar-refractivity contribution < 1.29 is 23.7 Å². The summed E-state index contributed by atoms with van der Waals surface area (Å²) in [5.74, 6) is 3.00. The summed E-state index contributed by atoms with van der Waals surface area (Å²) < 4.78 is 22.6. The maximum Gasteiger partial charge on any atom is 0.302 e. The van der Waals surface area contributed by atoms with Crippen molar-refractivity contribution in [2.75, 3.05) is 13.6 Å². The van der Waals surface area contributed by atoms with Gasteiger partial charge in [-0.15, -0.1) is 0 Å². The number of fused-ring (bicyclic) bond motifs is 3. The second-order valence-corrected chi connectivity index (χ2v) is 5.82. The second kappa shape index (κ2) is 5.14. The molecule has 0 atom stereocenters. The summed E-state index contributed by atoms with van der Waals surface area (Å²) in [7, 11) is 0. The van der Waals surface area contributed by atoms with Crippen molar-refractivity contribution in [2.45, 2.75) is 13.3 Å². The van der Waals surface area contributed by atoms with Gasteiger partial charge in [0.15, 0.2) is 28.5 Å². The van der Waals surface area contributed by atoms with Gasteiger partial charge >= 0.3 is 5.82 Å². The van der Waals surface area contributed by atoms with Gasteiger partial charge in [-0.2, -0.15) is 0 Å². The Hall–Kier alpha value is -3.22. The van der Waals surface area contributed by atoms with Gasteiger partial charge in [0.1, 0.15) is 5.69 Å². The Morgan fingerprint density at radius 3 is 2.40 bits per heavy atom. The van der Waals surface area contributed by atoms with Gasteiger partial charge in [-0.25, -0.2) is 4.73 Å². The van der Waals surface area contributed by atoms with Crippen molar-refractivity contribution >= 4 is 10.9 Å². The Balaban J connectivity index is 1.82. The largest absolute Gasteiger partial charge is 0.710 e. The molecule has 0 saturated heterocycles. The van der Waals surface area contributed by atoms with E-state index in [1.165, 1.54) is 0 Å². The van der Waals surface area contributed by atoms with Crippen molar-refractivity contribution in [1.82, 2.24) is 4.98 Å². The first-order valence-corrected chi connectivity index (χ1v) is 8.00. The average Bonchev–Trinajstić information content (AvgIpc) is 3.27. The van der Waals surface area contributed by atoms with Crippen molar-refractivity contribution in [2.24, 2.45) is 0 Å². The molecular formula is C18H14N2O5. The fourth-order valence-electron chi connectivity index (χ4n) is 3.18. The molecule has 7 nitrogen and oxygen atoms in total. The maximum absolute atomic E-state index is 12.9. The molecule has 0 aliphatic carbocycles.